The molecule has 3 nitrogen and oxygen atoms in total. The Morgan fingerprint density at radius 2 is 2.38 bits per heavy atom. The first-order chi connectivity index (χ1) is 7.77. The first-order valence-corrected chi connectivity index (χ1v) is 7.36. The van der Waals surface area contributed by atoms with E-state index in [9.17, 15) is 0 Å². The standard InChI is InChI=1S/C12H25NO2S/c1-3-5-13-12(9-16-10(2)7-14)11-4-6-15-8-11/h10-14H,3-9H2,1-2H3. The predicted octanol–water partition coefficient (Wildman–Crippen LogP) is 1.51. The molecule has 1 fully saturated rings. The summed E-state index contributed by atoms with van der Waals surface area (Å²) in [5.74, 6) is 1.74. The van der Waals surface area contributed by atoms with Crippen molar-refractivity contribution in [2.24, 2.45) is 5.92 Å². The maximum absolute atomic E-state index is 9.02. The van der Waals surface area contributed by atoms with E-state index in [-0.39, 0.29) is 6.61 Å². The van der Waals surface area contributed by atoms with Gasteiger partial charge in [0.2, 0.25) is 0 Å². The van der Waals surface area contributed by atoms with E-state index in [0.29, 0.717) is 17.2 Å². The van der Waals surface area contributed by atoms with Crippen molar-refractivity contribution in [3.8, 4) is 0 Å². The van der Waals surface area contributed by atoms with Gasteiger partial charge in [-0.2, -0.15) is 11.8 Å². The van der Waals surface area contributed by atoms with Gasteiger partial charge < -0.3 is 15.2 Å². The largest absolute Gasteiger partial charge is 0.395 e. The van der Waals surface area contributed by atoms with Gasteiger partial charge in [-0.15, -0.1) is 0 Å². The molecule has 0 aliphatic carbocycles. The molecule has 96 valence electrons. The summed E-state index contributed by atoms with van der Waals surface area (Å²) >= 11 is 1.85. The Labute approximate surface area is 103 Å². The second-order valence-corrected chi connectivity index (χ2v) is 5.98. The van der Waals surface area contributed by atoms with E-state index in [2.05, 4.69) is 19.2 Å². The third-order valence-electron chi connectivity index (χ3n) is 3.01. The average Bonchev–Trinajstić information content (AvgIpc) is 2.82. The van der Waals surface area contributed by atoms with Crippen LogP contribution in [0.25, 0.3) is 0 Å². The van der Waals surface area contributed by atoms with Crippen LogP contribution in [0.1, 0.15) is 26.7 Å². The van der Waals surface area contributed by atoms with Crippen molar-refractivity contribution < 1.29 is 9.84 Å². The van der Waals surface area contributed by atoms with Gasteiger partial charge in [0.05, 0.1) is 13.2 Å². The Balaban J connectivity index is 2.30. The number of aliphatic hydroxyl groups is 1. The molecule has 1 heterocycles. The van der Waals surface area contributed by atoms with Gasteiger partial charge in [0, 0.05) is 29.6 Å². The monoisotopic (exact) mass is 247 g/mol. The van der Waals surface area contributed by atoms with E-state index in [1.165, 1.54) is 12.8 Å². The van der Waals surface area contributed by atoms with Gasteiger partial charge in [-0.05, 0) is 19.4 Å². The smallest absolute Gasteiger partial charge is 0.0547 e. The van der Waals surface area contributed by atoms with E-state index in [1.54, 1.807) is 0 Å². The van der Waals surface area contributed by atoms with Crippen LogP contribution in [-0.4, -0.2) is 48.5 Å². The summed E-state index contributed by atoms with van der Waals surface area (Å²) in [5.41, 5.74) is 0. The molecule has 0 bridgehead atoms. The predicted molar refractivity (Wildman–Crippen MR) is 70.0 cm³/mol. The Hall–Kier alpha value is 0.230. The Kier molecular flexibility index (Phi) is 7.45. The lowest BCUT2D eigenvalue weighted by atomic mass is 10.0. The van der Waals surface area contributed by atoms with Crippen LogP contribution in [0.15, 0.2) is 0 Å². The first-order valence-electron chi connectivity index (χ1n) is 6.31. The van der Waals surface area contributed by atoms with Crippen LogP contribution in [0.5, 0.6) is 0 Å². The molecule has 2 N–H and O–H groups in total. The second-order valence-electron chi connectivity index (χ2n) is 4.51. The molecule has 1 aliphatic heterocycles. The van der Waals surface area contributed by atoms with E-state index in [0.717, 1.165) is 25.5 Å². The van der Waals surface area contributed by atoms with Crippen LogP contribution in [0.2, 0.25) is 0 Å². The van der Waals surface area contributed by atoms with Crippen molar-refractivity contribution in [3.63, 3.8) is 0 Å². The highest BCUT2D eigenvalue weighted by atomic mass is 32.2. The van der Waals surface area contributed by atoms with Crippen molar-refractivity contribution in [3.05, 3.63) is 0 Å². The molecule has 3 unspecified atom stereocenters. The number of hydrogen-bond acceptors (Lipinski definition) is 4. The maximum Gasteiger partial charge on any atom is 0.0547 e. The fourth-order valence-corrected chi connectivity index (χ4v) is 2.91. The molecular weight excluding hydrogens is 222 g/mol. The molecule has 0 amide bonds. The lowest BCUT2D eigenvalue weighted by molar-refractivity contribution is 0.179. The molecule has 0 radical (unpaired) electrons. The summed E-state index contributed by atoms with van der Waals surface area (Å²) in [6.07, 6.45) is 2.35. The topological polar surface area (TPSA) is 41.5 Å². The fourth-order valence-electron chi connectivity index (χ4n) is 1.88. The van der Waals surface area contributed by atoms with Crippen molar-refractivity contribution in [2.45, 2.75) is 38.0 Å². The molecule has 1 saturated heterocycles. The first kappa shape index (κ1) is 14.3. The minimum atomic E-state index is 0.270. The molecule has 3 atom stereocenters. The SMILES string of the molecule is CCCNC(CSC(C)CO)C1CCOC1. The van der Waals surface area contributed by atoms with Gasteiger partial charge in [-0.1, -0.05) is 13.8 Å². The van der Waals surface area contributed by atoms with E-state index in [4.69, 9.17) is 9.84 Å². The lowest BCUT2D eigenvalue weighted by Crippen LogP contribution is -2.39. The van der Waals surface area contributed by atoms with Crippen LogP contribution < -0.4 is 5.32 Å². The molecule has 0 aromatic carbocycles. The van der Waals surface area contributed by atoms with Gasteiger partial charge >= 0.3 is 0 Å². The van der Waals surface area contributed by atoms with Gasteiger partial charge in [0.15, 0.2) is 0 Å². The van der Waals surface area contributed by atoms with Crippen LogP contribution >= 0.6 is 11.8 Å². The summed E-state index contributed by atoms with van der Waals surface area (Å²) in [6, 6.07) is 0.543. The van der Waals surface area contributed by atoms with Crippen molar-refractivity contribution >= 4 is 11.8 Å². The number of aliphatic hydroxyl groups excluding tert-OH is 1. The third kappa shape index (κ3) is 5.04. The molecule has 4 heteroatoms. The molecule has 0 saturated carbocycles. The van der Waals surface area contributed by atoms with E-state index < -0.39 is 0 Å². The summed E-state index contributed by atoms with van der Waals surface area (Å²) in [4.78, 5) is 0. The zero-order valence-electron chi connectivity index (χ0n) is 10.4. The third-order valence-corrected chi connectivity index (χ3v) is 4.28. The van der Waals surface area contributed by atoms with E-state index >= 15 is 0 Å². The normalized spacial score (nSPS) is 24.6. The van der Waals surface area contributed by atoms with Crippen LogP contribution in [0.3, 0.4) is 0 Å². The van der Waals surface area contributed by atoms with Crippen molar-refractivity contribution in [2.75, 3.05) is 32.1 Å². The minimum Gasteiger partial charge on any atom is -0.395 e. The zero-order chi connectivity index (χ0) is 11.8. The Morgan fingerprint density at radius 1 is 1.56 bits per heavy atom. The highest BCUT2D eigenvalue weighted by Crippen LogP contribution is 2.21. The summed E-state index contributed by atoms with van der Waals surface area (Å²) in [7, 11) is 0. The highest BCUT2D eigenvalue weighted by Gasteiger charge is 2.25. The molecular formula is C12H25NO2S. The van der Waals surface area contributed by atoms with Crippen LogP contribution in [-0.2, 0) is 4.74 Å². The Morgan fingerprint density at radius 3 is 2.94 bits per heavy atom. The molecule has 1 rings (SSSR count). The highest BCUT2D eigenvalue weighted by molar-refractivity contribution is 7.99. The van der Waals surface area contributed by atoms with Gasteiger partial charge in [0.1, 0.15) is 0 Å². The average molecular weight is 247 g/mol. The lowest BCUT2D eigenvalue weighted by Gasteiger charge is -2.24. The van der Waals surface area contributed by atoms with Gasteiger partial charge in [-0.3, -0.25) is 0 Å². The van der Waals surface area contributed by atoms with Crippen LogP contribution in [0, 0.1) is 5.92 Å². The summed E-state index contributed by atoms with van der Waals surface area (Å²) in [6.45, 7) is 7.43. The summed E-state index contributed by atoms with van der Waals surface area (Å²) < 4.78 is 5.45. The molecule has 0 spiro atoms. The van der Waals surface area contributed by atoms with E-state index in [1.807, 2.05) is 11.8 Å². The molecule has 1 aliphatic rings. The molecule has 16 heavy (non-hydrogen) atoms. The molecule has 0 aromatic heterocycles. The van der Waals surface area contributed by atoms with Gasteiger partial charge in [0.25, 0.3) is 0 Å². The number of rotatable bonds is 8. The number of thioether (sulfide) groups is 1. The number of nitrogens with one attached hydrogen (secondary N) is 1. The second kappa shape index (κ2) is 8.34. The maximum atomic E-state index is 9.02. The zero-order valence-corrected chi connectivity index (χ0v) is 11.3. The fraction of sp³-hybridized carbons (Fsp3) is 1.00. The Bertz CT molecular complexity index is 174. The van der Waals surface area contributed by atoms with Crippen molar-refractivity contribution in [1.29, 1.82) is 0 Å². The number of ether oxygens (including phenoxy) is 1. The van der Waals surface area contributed by atoms with Crippen LogP contribution in [0.4, 0.5) is 0 Å². The minimum absolute atomic E-state index is 0.270. The summed E-state index contributed by atoms with van der Waals surface area (Å²) in [5, 5.41) is 13.0. The quantitative estimate of drug-likeness (QED) is 0.682. The van der Waals surface area contributed by atoms with Gasteiger partial charge in [-0.25, -0.2) is 0 Å². The molecule has 0 aromatic rings. The number of hydrogen-bond donors (Lipinski definition) is 2. The van der Waals surface area contributed by atoms with Crippen molar-refractivity contribution in [1.82, 2.24) is 5.32 Å².